The zero-order chi connectivity index (χ0) is 21.2. The highest BCUT2D eigenvalue weighted by Gasteiger charge is 2.13. The molecular formula is C23H35IN4O2S. The molecule has 0 atom stereocenters. The molecule has 31 heavy (non-hydrogen) atoms. The molecule has 0 unspecified atom stereocenters. The third-order valence-electron chi connectivity index (χ3n) is 5.15. The van der Waals surface area contributed by atoms with Crippen molar-refractivity contribution < 1.29 is 9.47 Å². The van der Waals surface area contributed by atoms with Crippen LogP contribution in [0.5, 0.6) is 0 Å². The molecule has 6 nitrogen and oxygen atoms in total. The van der Waals surface area contributed by atoms with Crippen LogP contribution in [0.3, 0.4) is 0 Å². The molecule has 172 valence electrons. The third-order valence-corrected chi connectivity index (χ3v) is 6.28. The van der Waals surface area contributed by atoms with Gasteiger partial charge in [0.1, 0.15) is 0 Å². The van der Waals surface area contributed by atoms with Gasteiger partial charge in [-0.05, 0) is 44.7 Å². The third kappa shape index (κ3) is 9.03. The van der Waals surface area contributed by atoms with Gasteiger partial charge in [0.2, 0.25) is 0 Å². The maximum atomic E-state index is 6.00. The van der Waals surface area contributed by atoms with Gasteiger partial charge in [-0.1, -0.05) is 24.3 Å². The predicted octanol–water partition coefficient (Wildman–Crippen LogP) is 4.37. The minimum atomic E-state index is 0. The number of aromatic nitrogens is 1. The van der Waals surface area contributed by atoms with E-state index in [0.717, 1.165) is 57.2 Å². The molecule has 1 aliphatic rings. The van der Waals surface area contributed by atoms with E-state index in [-0.39, 0.29) is 24.0 Å². The number of halogens is 1. The molecule has 0 bridgehead atoms. The van der Waals surface area contributed by atoms with Crippen molar-refractivity contribution in [1.82, 2.24) is 15.6 Å². The molecule has 1 aromatic heterocycles. The number of nitrogens with one attached hydrogen (secondary N) is 2. The lowest BCUT2D eigenvalue weighted by atomic mass is 10.1. The summed E-state index contributed by atoms with van der Waals surface area (Å²) in [5.41, 5.74) is 3.53. The van der Waals surface area contributed by atoms with Gasteiger partial charge in [0.15, 0.2) is 5.96 Å². The molecule has 2 aromatic rings. The Bertz CT molecular complexity index is 785. The second-order valence-corrected chi connectivity index (χ2v) is 8.85. The van der Waals surface area contributed by atoms with Crippen LogP contribution in [0.4, 0.5) is 0 Å². The Hall–Kier alpha value is -1.23. The fourth-order valence-electron chi connectivity index (χ4n) is 3.24. The molecule has 1 aliphatic heterocycles. The maximum absolute atomic E-state index is 6.00. The molecule has 3 rings (SSSR count). The van der Waals surface area contributed by atoms with Gasteiger partial charge >= 0.3 is 0 Å². The lowest BCUT2D eigenvalue weighted by Crippen LogP contribution is -2.38. The van der Waals surface area contributed by atoms with E-state index < -0.39 is 0 Å². The highest BCUT2D eigenvalue weighted by Crippen LogP contribution is 2.16. The number of rotatable bonds is 9. The molecule has 1 aromatic carbocycles. The standard InChI is InChI=1S/C23H34N4O2S.HI/c1-4-24-23(25-12-9-22-27-17(2)18(3)30-22)26-15-19-5-7-20(8-6-19)16-29-21-10-13-28-14-11-21;/h5-8,21H,4,9-16H2,1-3H3,(H2,24,25,26);1H. The summed E-state index contributed by atoms with van der Waals surface area (Å²) in [5.74, 6) is 0.842. The van der Waals surface area contributed by atoms with E-state index >= 15 is 0 Å². The number of hydrogen-bond acceptors (Lipinski definition) is 5. The number of aryl methyl sites for hydroxylation is 2. The number of aliphatic imine (C=N–C) groups is 1. The Morgan fingerprint density at radius 2 is 1.87 bits per heavy atom. The fourth-order valence-corrected chi connectivity index (χ4v) is 4.18. The number of ether oxygens (including phenoxy) is 2. The summed E-state index contributed by atoms with van der Waals surface area (Å²) in [7, 11) is 0. The van der Waals surface area contributed by atoms with Crippen LogP contribution in [0.25, 0.3) is 0 Å². The Balaban J connectivity index is 0.00000341. The molecule has 8 heteroatoms. The number of benzene rings is 1. The van der Waals surface area contributed by atoms with Crippen molar-refractivity contribution in [3.63, 3.8) is 0 Å². The van der Waals surface area contributed by atoms with E-state index in [2.05, 4.69) is 60.7 Å². The van der Waals surface area contributed by atoms with Crippen LogP contribution >= 0.6 is 35.3 Å². The van der Waals surface area contributed by atoms with Gasteiger partial charge in [-0.25, -0.2) is 9.98 Å². The molecule has 1 saturated heterocycles. The predicted molar refractivity (Wildman–Crippen MR) is 139 cm³/mol. The van der Waals surface area contributed by atoms with E-state index in [4.69, 9.17) is 14.5 Å². The lowest BCUT2D eigenvalue weighted by Gasteiger charge is -2.22. The van der Waals surface area contributed by atoms with E-state index in [1.54, 1.807) is 11.3 Å². The van der Waals surface area contributed by atoms with Crippen molar-refractivity contribution in [3.8, 4) is 0 Å². The van der Waals surface area contributed by atoms with Gasteiger partial charge in [0.05, 0.1) is 30.0 Å². The Morgan fingerprint density at radius 1 is 1.16 bits per heavy atom. The van der Waals surface area contributed by atoms with Gasteiger partial charge in [0, 0.05) is 37.6 Å². The highest BCUT2D eigenvalue weighted by atomic mass is 127. The minimum Gasteiger partial charge on any atom is -0.381 e. The zero-order valence-corrected chi connectivity index (χ0v) is 21.9. The van der Waals surface area contributed by atoms with Gasteiger partial charge in [0.25, 0.3) is 0 Å². The first-order chi connectivity index (χ1) is 14.6. The van der Waals surface area contributed by atoms with Crippen LogP contribution in [0, 0.1) is 13.8 Å². The Labute approximate surface area is 207 Å². The van der Waals surface area contributed by atoms with E-state index in [1.807, 2.05) is 0 Å². The van der Waals surface area contributed by atoms with Crippen LogP contribution in [-0.4, -0.2) is 43.4 Å². The quantitative estimate of drug-likeness (QED) is 0.272. The van der Waals surface area contributed by atoms with Crippen LogP contribution in [0.1, 0.15) is 46.5 Å². The van der Waals surface area contributed by atoms with E-state index in [1.165, 1.54) is 21.0 Å². The molecule has 0 radical (unpaired) electrons. The average Bonchev–Trinajstić information content (AvgIpc) is 3.09. The van der Waals surface area contributed by atoms with Gasteiger partial charge < -0.3 is 20.1 Å². The molecule has 0 saturated carbocycles. The van der Waals surface area contributed by atoms with Crippen molar-refractivity contribution in [2.75, 3.05) is 26.3 Å². The molecule has 0 amide bonds. The molecule has 1 fully saturated rings. The summed E-state index contributed by atoms with van der Waals surface area (Å²) >= 11 is 1.78. The summed E-state index contributed by atoms with van der Waals surface area (Å²) in [4.78, 5) is 10.6. The smallest absolute Gasteiger partial charge is 0.191 e. The summed E-state index contributed by atoms with van der Waals surface area (Å²) in [6.07, 6.45) is 3.23. The lowest BCUT2D eigenvalue weighted by molar-refractivity contribution is -0.0390. The van der Waals surface area contributed by atoms with Gasteiger partial charge in [-0.15, -0.1) is 35.3 Å². The monoisotopic (exact) mass is 558 g/mol. The summed E-state index contributed by atoms with van der Waals surface area (Å²) in [6, 6.07) is 8.54. The first-order valence-corrected chi connectivity index (χ1v) is 11.7. The largest absolute Gasteiger partial charge is 0.381 e. The summed E-state index contributed by atoms with van der Waals surface area (Å²) in [6.45, 7) is 10.9. The minimum absolute atomic E-state index is 0. The topological polar surface area (TPSA) is 67.8 Å². The van der Waals surface area contributed by atoms with E-state index in [0.29, 0.717) is 19.3 Å². The van der Waals surface area contributed by atoms with Crippen molar-refractivity contribution in [1.29, 1.82) is 0 Å². The van der Waals surface area contributed by atoms with Crippen molar-refractivity contribution in [3.05, 3.63) is 51.0 Å². The molecule has 2 N–H and O–H groups in total. The van der Waals surface area contributed by atoms with Crippen LogP contribution < -0.4 is 10.6 Å². The first kappa shape index (κ1) is 26.0. The average molecular weight is 559 g/mol. The zero-order valence-electron chi connectivity index (χ0n) is 18.8. The molecule has 2 heterocycles. The van der Waals surface area contributed by atoms with E-state index in [9.17, 15) is 0 Å². The van der Waals surface area contributed by atoms with Crippen molar-refractivity contribution >= 4 is 41.3 Å². The second kappa shape index (κ2) is 14.0. The highest BCUT2D eigenvalue weighted by molar-refractivity contribution is 14.0. The Morgan fingerprint density at radius 3 is 2.52 bits per heavy atom. The number of guanidine groups is 1. The van der Waals surface area contributed by atoms with Crippen LogP contribution in [0.15, 0.2) is 29.3 Å². The molecule has 0 aliphatic carbocycles. The summed E-state index contributed by atoms with van der Waals surface area (Å²) < 4.78 is 11.4. The van der Waals surface area contributed by atoms with Crippen molar-refractivity contribution in [2.24, 2.45) is 4.99 Å². The van der Waals surface area contributed by atoms with Crippen LogP contribution in [-0.2, 0) is 29.0 Å². The first-order valence-electron chi connectivity index (χ1n) is 10.9. The molecular weight excluding hydrogens is 523 g/mol. The number of nitrogens with zero attached hydrogens (tertiary/aromatic N) is 2. The summed E-state index contributed by atoms with van der Waals surface area (Å²) in [5, 5.41) is 7.90. The number of thiazole rings is 1. The van der Waals surface area contributed by atoms with Crippen molar-refractivity contribution in [2.45, 2.75) is 59.3 Å². The number of hydrogen-bond donors (Lipinski definition) is 2. The second-order valence-electron chi connectivity index (χ2n) is 7.56. The normalized spacial score (nSPS) is 14.9. The van der Waals surface area contributed by atoms with Gasteiger partial charge in [-0.3, -0.25) is 0 Å². The fraction of sp³-hybridized carbons (Fsp3) is 0.565. The molecule has 0 spiro atoms. The van der Waals surface area contributed by atoms with Gasteiger partial charge in [-0.2, -0.15) is 0 Å². The maximum Gasteiger partial charge on any atom is 0.191 e. The van der Waals surface area contributed by atoms with Crippen LogP contribution in [0.2, 0.25) is 0 Å². The SMILES string of the molecule is CCNC(=NCc1ccc(COC2CCOCC2)cc1)NCCc1nc(C)c(C)s1.I. The Kier molecular flexibility index (Phi) is 11.8.